The zero-order valence-corrected chi connectivity index (χ0v) is 8.64. The van der Waals surface area contributed by atoms with E-state index in [0.717, 1.165) is 5.56 Å². The van der Waals surface area contributed by atoms with Crippen molar-refractivity contribution in [3.05, 3.63) is 35.9 Å². The largest absolute Gasteiger partial charge is 0.258 e. The van der Waals surface area contributed by atoms with Gasteiger partial charge in [0.05, 0.1) is 24.5 Å². The van der Waals surface area contributed by atoms with E-state index in [1.165, 1.54) is 17.2 Å². The van der Waals surface area contributed by atoms with Gasteiger partial charge >= 0.3 is 0 Å². The maximum Gasteiger partial charge on any atom is 0.244 e. The van der Waals surface area contributed by atoms with Crippen molar-refractivity contribution in [2.45, 2.75) is 19.8 Å². The first kappa shape index (κ1) is 10.7. The quantitative estimate of drug-likeness (QED) is 0.798. The van der Waals surface area contributed by atoms with Gasteiger partial charge in [0.15, 0.2) is 0 Å². The van der Waals surface area contributed by atoms with Gasteiger partial charge in [-0.15, -0.1) is 4.80 Å². The van der Waals surface area contributed by atoms with Gasteiger partial charge < -0.3 is 0 Å². The van der Waals surface area contributed by atoms with E-state index in [2.05, 4.69) is 15.2 Å². The molecule has 0 amide bonds. The summed E-state index contributed by atoms with van der Waals surface area (Å²) in [7, 11) is 0. The third kappa shape index (κ3) is 2.21. The molecule has 2 rings (SSSR count). The normalized spacial score (nSPS) is 11.0. The zero-order chi connectivity index (χ0) is 11.5. The Morgan fingerprint density at radius 3 is 2.62 bits per heavy atom. The zero-order valence-electron chi connectivity index (χ0n) is 8.64. The first-order chi connectivity index (χ1) is 7.66. The predicted molar refractivity (Wildman–Crippen MR) is 53.6 cm³/mol. The molecule has 0 aromatic carbocycles. The van der Waals surface area contributed by atoms with Gasteiger partial charge in [-0.2, -0.15) is 10.2 Å². The summed E-state index contributed by atoms with van der Waals surface area (Å²) in [6.45, 7) is 1.84. The van der Waals surface area contributed by atoms with Gasteiger partial charge in [-0.25, -0.2) is 8.78 Å². The maximum absolute atomic E-state index is 12.4. The number of aromatic nitrogens is 4. The highest BCUT2D eigenvalue weighted by molar-refractivity contribution is 5.37. The van der Waals surface area contributed by atoms with E-state index in [9.17, 15) is 8.78 Å². The van der Waals surface area contributed by atoms with Gasteiger partial charge in [0.2, 0.25) is 6.43 Å². The summed E-state index contributed by atoms with van der Waals surface area (Å²) in [5.74, 6) is 0. The SMILES string of the molecule is Cc1cnc(CC(F)F)c(-n2nccn2)c1. The van der Waals surface area contributed by atoms with Crippen LogP contribution in [0.1, 0.15) is 11.3 Å². The molecule has 0 saturated carbocycles. The minimum Gasteiger partial charge on any atom is -0.258 e. The monoisotopic (exact) mass is 224 g/mol. The van der Waals surface area contributed by atoms with Crippen LogP contribution in [0.25, 0.3) is 5.69 Å². The predicted octanol–water partition coefficient (Wildman–Crippen LogP) is 1.78. The lowest BCUT2D eigenvalue weighted by molar-refractivity contribution is 0.147. The number of nitrogens with zero attached hydrogens (tertiary/aromatic N) is 4. The Kier molecular flexibility index (Phi) is 2.89. The molecule has 0 saturated heterocycles. The molecule has 4 nitrogen and oxygen atoms in total. The topological polar surface area (TPSA) is 43.6 Å². The lowest BCUT2D eigenvalue weighted by atomic mass is 10.2. The minimum absolute atomic E-state index is 0.303. The van der Waals surface area contributed by atoms with Crippen molar-refractivity contribution in [3.8, 4) is 5.69 Å². The molecule has 2 aromatic rings. The second kappa shape index (κ2) is 4.34. The van der Waals surface area contributed by atoms with Crippen LogP contribution in [0.2, 0.25) is 0 Å². The number of hydrogen-bond donors (Lipinski definition) is 0. The van der Waals surface area contributed by atoms with Crippen LogP contribution in [-0.4, -0.2) is 26.4 Å². The third-order valence-electron chi connectivity index (χ3n) is 2.07. The van der Waals surface area contributed by atoms with Crippen LogP contribution < -0.4 is 0 Å². The molecule has 0 unspecified atom stereocenters. The standard InChI is InChI=1S/C10H10F2N4/c1-7-4-9(16-14-2-3-15-16)8(13-6-7)5-10(11)12/h2-4,6,10H,5H2,1H3. The fourth-order valence-corrected chi connectivity index (χ4v) is 1.40. The number of hydrogen-bond acceptors (Lipinski definition) is 3. The van der Waals surface area contributed by atoms with E-state index in [4.69, 9.17) is 0 Å². The summed E-state index contributed by atoms with van der Waals surface area (Å²) in [4.78, 5) is 5.30. The van der Waals surface area contributed by atoms with Crippen LogP contribution in [0.15, 0.2) is 24.7 Å². The summed E-state index contributed by atoms with van der Waals surface area (Å²) >= 11 is 0. The molecule has 0 atom stereocenters. The van der Waals surface area contributed by atoms with Crippen LogP contribution in [0.4, 0.5) is 8.78 Å². The van der Waals surface area contributed by atoms with Crippen molar-refractivity contribution in [1.29, 1.82) is 0 Å². The van der Waals surface area contributed by atoms with Gasteiger partial charge in [-0.05, 0) is 18.6 Å². The average Bonchev–Trinajstić information content (AvgIpc) is 2.73. The van der Waals surface area contributed by atoms with Crippen LogP contribution >= 0.6 is 0 Å². The number of pyridine rings is 1. The lowest BCUT2D eigenvalue weighted by Crippen LogP contribution is -2.09. The van der Waals surface area contributed by atoms with Gasteiger partial charge in [0.25, 0.3) is 0 Å². The molecular weight excluding hydrogens is 214 g/mol. The molecule has 0 aliphatic rings. The van der Waals surface area contributed by atoms with Crippen molar-refractivity contribution in [1.82, 2.24) is 20.0 Å². The van der Waals surface area contributed by atoms with Crippen LogP contribution in [0, 0.1) is 6.92 Å². The van der Waals surface area contributed by atoms with E-state index < -0.39 is 12.8 Å². The summed E-state index contributed by atoms with van der Waals surface area (Å²) in [5.41, 5.74) is 1.69. The van der Waals surface area contributed by atoms with E-state index in [0.29, 0.717) is 11.4 Å². The smallest absolute Gasteiger partial charge is 0.244 e. The van der Waals surface area contributed by atoms with E-state index in [1.54, 1.807) is 12.3 Å². The van der Waals surface area contributed by atoms with Crippen molar-refractivity contribution in [2.75, 3.05) is 0 Å². The van der Waals surface area contributed by atoms with E-state index >= 15 is 0 Å². The maximum atomic E-state index is 12.4. The summed E-state index contributed by atoms with van der Waals surface area (Å²) < 4.78 is 24.7. The van der Waals surface area contributed by atoms with Crippen LogP contribution in [0.3, 0.4) is 0 Å². The average molecular weight is 224 g/mol. The highest BCUT2D eigenvalue weighted by Gasteiger charge is 2.13. The lowest BCUT2D eigenvalue weighted by Gasteiger charge is -2.07. The first-order valence-corrected chi connectivity index (χ1v) is 4.77. The Balaban J connectivity index is 2.45. The van der Waals surface area contributed by atoms with Gasteiger partial charge in [0, 0.05) is 6.20 Å². The van der Waals surface area contributed by atoms with Crippen molar-refractivity contribution >= 4 is 0 Å². The van der Waals surface area contributed by atoms with Gasteiger partial charge in [-0.3, -0.25) is 4.98 Å². The Morgan fingerprint density at radius 2 is 2.00 bits per heavy atom. The third-order valence-corrected chi connectivity index (χ3v) is 2.07. The van der Waals surface area contributed by atoms with E-state index in [-0.39, 0.29) is 0 Å². The highest BCUT2D eigenvalue weighted by atomic mass is 19.3. The van der Waals surface area contributed by atoms with Crippen molar-refractivity contribution < 1.29 is 8.78 Å². The number of aryl methyl sites for hydroxylation is 1. The van der Waals surface area contributed by atoms with Gasteiger partial charge in [-0.1, -0.05) is 0 Å². The molecule has 0 spiro atoms. The van der Waals surface area contributed by atoms with Crippen LogP contribution in [0.5, 0.6) is 0 Å². The molecule has 2 aromatic heterocycles. The number of halogens is 2. The van der Waals surface area contributed by atoms with Crippen LogP contribution in [-0.2, 0) is 6.42 Å². The molecule has 0 aliphatic heterocycles. The molecule has 6 heteroatoms. The second-order valence-corrected chi connectivity index (χ2v) is 3.39. The Hall–Kier alpha value is -1.85. The molecule has 0 fully saturated rings. The van der Waals surface area contributed by atoms with Crippen molar-refractivity contribution in [3.63, 3.8) is 0 Å². The number of alkyl halides is 2. The fraction of sp³-hybridized carbons (Fsp3) is 0.300. The highest BCUT2D eigenvalue weighted by Crippen LogP contribution is 2.15. The molecule has 0 bridgehead atoms. The summed E-state index contributed by atoms with van der Waals surface area (Å²) in [6.07, 6.45) is 1.73. The molecule has 2 heterocycles. The van der Waals surface area contributed by atoms with E-state index in [1.807, 2.05) is 6.92 Å². The first-order valence-electron chi connectivity index (χ1n) is 4.77. The molecular formula is C10H10F2N4. The molecule has 0 N–H and O–H groups in total. The fourth-order valence-electron chi connectivity index (χ4n) is 1.40. The minimum atomic E-state index is -2.43. The molecule has 0 aliphatic carbocycles. The Morgan fingerprint density at radius 1 is 1.31 bits per heavy atom. The number of rotatable bonds is 3. The van der Waals surface area contributed by atoms with Crippen molar-refractivity contribution in [2.24, 2.45) is 0 Å². The molecule has 84 valence electrons. The Bertz CT molecular complexity index is 468. The molecule has 0 radical (unpaired) electrons. The summed E-state index contributed by atoms with van der Waals surface area (Å²) in [6, 6.07) is 1.74. The molecule has 16 heavy (non-hydrogen) atoms. The second-order valence-electron chi connectivity index (χ2n) is 3.39. The van der Waals surface area contributed by atoms with Gasteiger partial charge in [0.1, 0.15) is 5.69 Å². The Labute approximate surface area is 90.9 Å². The summed E-state index contributed by atoms with van der Waals surface area (Å²) in [5, 5.41) is 7.83.